The first-order chi connectivity index (χ1) is 20.5. The number of carbonyl (C=O) groups excluding carboxylic acids is 4. The Labute approximate surface area is 238 Å². The summed E-state index contributed by atoms with van der Waals surface area (Å²) in [5, 5.41) is 6.37. The number of anilines is 2. The molecule has 0 N–H and O–H groups in total. The number of rotatable bonds is 2. The third-order valence-electron chi connectivity index (χ3n) is 8.66. The quantitative estimate of drug-likeness (QED) is 0.130. The van der Waals surface area contributed by atoms with E-state index in [1.165, 1.54) is 9.80 Å². The van der Waals surface area contributed by atoms with Crippen LogP contribution in [-0.2, 0) is 0 Å². The summed E-state index contributed by atoms with van der Waals surface area (Å²) in [4.78, 5) is 57.5. The Morgan fingerprint density at radius 3 is 0.881 bits per heavy atom. The number of fused-ring (bicyclic) bond motifs is 2. The second-order valence-electron chi connectivity index (χ2n) is 10.7. The minimum absolute atomic E-state index is 0.365. The highest BCUT2D eigenvalue weighted by Gasteiger charge is 2.37. The molecule has 42 heavy (non-hydrogen) atoms. The van der Waals surface area contributed by atoms with Crippen LogP contribution >= 0.6 is 0 Å². The molecule has 9 rings (SSSR count). The summed E-state index contributed by atoms with van der Waals surface area (Å²) in [6, 6.07) is 32.7. The first-order valence-corrected chi connectivity index (χ1v) is 13.6. The predicted molar refractivity (Wildman–Crippen MR) is 163 cm³/mol. The Morgan fingerprint density at radius 2 is 0.595 bits per heavy atom. The molecule has 0 fully saturated rings. The van der Waals surface area contributed by atoms with E-state index in [1.807, 2.05) is 36.4 Å². The Bertz CT molecular complexity index is 2090. The number of nitrogens with zero attached hydrogens (tertiary/aromatic N) is 2. The van der Waals surface area contributed by atoms with Crippen LogP contribution < -0.4 is 9.80 Å². The molecule has 7 aromatic rings. The maximum atomic E-state index is 13.8. The van der Waals surface area contributed by atoms with Crippen LogP contribution in [0.25, 0.3) is 43.1 Å². The largest absolute Gasteiger partial charge is 0.268 e. The maximum absolute atomic E-state index is 13.8. The molecule has 0 aliphatic carbocycles. The Balaban J connectivity index is 1.35. The predicted octanol–water partition coefficient (Wildman–Crippen LogP) is 7.34. The molecule has 6 nitrogen and oxygen atoms in total. The fourth-order valence-electron chi connectivity index (χ4n) is 6.89. The minimum atomic E-state index is -0.365. The molecule has 0 spiro atoms. The summed E-state index contributed by atoms with van der Waals surface area (Å²) >= 11 is 0. The Kier molecular flexibility index (Phi) is 4.28. The van der Waals surface area contributed by atoms with Gasteiger partial charge in [0.15, 0.2) is 0 Å². The monoisotopic (exact) mass is 542 g/mol. The van der Waals surface area contributed by atoms with Crippen molar-refractivity contribution in [2.45, 2.75) is 0 Å². The van der Waals surface area contributed by atoms with Crippen molar-refractivity contribution in [1.29, 1.82) is 0 Å². The van der Waals surface area contributed by atoms with Gasteiger partial charge in [0.1, 0.15) is 0 Å². The molecule has 2 heterocycles. The summed E-state index contributed by atoms with van der Waals surface area (Å²) in [6.45, 7) is 0. The van der Waals surface area contributed by atoms with Crippen molar-refractivity contribution in [3.8, 4) is 0 Å². The topological polar surface area (TPSA) is 74.8 Å². The van der Waals surface area contributed by atoms with Gasteiger partial charge in [-0.15, -0.1) is 0 Å². The molecule has 0 saturated heterocycles. The van der Waals surface area contributed by atoms with Crippen molar-refractivity contribution in [2.24, 2.45) is 0 Å². The fraction of sp³-hybridized carbons (Fsp3) is 0. The van der Waals surface area contributed by atoms with Crippen LogP contribution in [0.3, 0.4) is 0 Å². The second kappa shape index (κ2) is 7.86. The molecule has 0 unspecified atom stereocenters. The van der Waals surface area contributed by atoms with Crippen molar-refractivity contribution in [3.05, 3.63) is 131 Å². The highest BCUT2D eigenvalue weighted by atomic mass is 16.2. The van der Waals surface area contributed by atoms with E-state index >= 15 is 0 Å². The normalized spacial score (nSPS) is 14.8. The van der Waals surface area contributed by atoms with Crippen LogP contribution in [0.4, 0.5) is 11.4 Å². The summed E-state index contributed by atoms with van der Waals surface area (Å²) < 4.78 is 0. The number of para-hydroxylation sites is 2. The number of amides is 4. The molecule has 0 bridgehead atoms. The molecule has 2 aliphatic heterocycles. The third kappa shape index (κ3) is 2.68. The number of hydrogen-bond donors (Lipinski definition) is 0. The van der Waals surface area contributed by atoms with Crippen LogP contribution in [0, 0.1) is 0 Å². The summed E-state index contributed by atoms with van der Waals surface area (Å²) in [7, 11) is 0. The number of imide groups is 2. The molecule has 4 amide bonds. The highest BCUT2D eigenvalue weighted by molar-refractivity contribution is 6.45. The van der Waals surface area contributed by atoms with Gasteiger partial charge in [-0.2, -0.15) is 0 Å². The molecule has 2 aliphatic rings. The van der Waals surface area contributed by atoms with Crippen molar-refractivity contribution >= 4 is 78.1 Å². The molecular formula is C36H18N2O4. The molecule has 6 heteroatoms. The van der Waals surface area contributed by atoms with Crippen LogP contribution in [0.5, 0.6) is 0 Å². The first-order valence-electron chi connectivity index (χ1n) is 13.6. The van der Waals surface area contributed by atoms with E-state index in [2.05, 4.69) is 0 Å². The molecule has 0 saturated carbocycles. The van der Waals surface area contributed by atoms with Gasteiger partial charge in [-0.3, -0.25) is 19.2 Å². The Hall–Kier alpha value is -5.88. The molecule has 7 aromatic carbocycles. The summed E-state index contributed by atoms with van der Waals surface area (Å²) in [5.74, 6) is -1.46. The van der Waals surface area contributed by atoms with Crippen molar-refractivity contribution < 1.29 is 19.2 Å². The van der Waals surface area contributed by atoms with E-state index in [9.17, 15) is 19.2 Å². The summed E-state index contributed by atoms with van der Waals surface area (Å²) in [5.41, 5.74) is 2.91. The SMILES string of the molecule is O=C1c2ccc3c4ccc5c6c(ccc(c7ccc(c2c37)C(=O)N1c1ccccc1)c64)C(=O)N(c1ccccc1)C5=O. The van der Waals surface area contributed by atoms with E-state index in [0.717, 1.165) is 32.3 Å². The van der Waals surface area contributed by atoms with Crippen LogP contribution in [0.2, 0.25) is 0 Å². The lowest BCUT2D eigenvalue weighted by Gasteiger charge is -2.30. The zero-order valence-corrected chi connectivity index (χ0v) is 21.9. The molecule has 0 atom stereocenters. The van der Waals surface area contributed by atoms with Gasteiger partial charge in [0.05, 0.1) is 11.4 Å². The first kappa shape index (κ1) is 22.9. The zero-order valence-electron chi connectivity index (χ0n) is 21.9. The maximum Gasteiger partial charge on any atom is 0.265 e. The van der Waals surface area contributed by atoms with Gasteiger partial charge in [0.2, 0.25) is 0 Å². The van der Waals surface area contributed by atoms with Crippen molar-refractivity contribution in [2.75, 3.05) is 9.80 Å². The molecular weight excluding hydrogens is 524 g/mol. The van der Waals surface area contributed by atoms with Gasteiger partial charge in [-0.05, 0) is 80.8 Å². The van der Waals surface area contributed by atoms with Gasteiger partial charge in [0, 0.05) is 33.0 Å². The third-order valence-corrected chi connectivity index (χ3v) is 8.66. The minimum Gasteiger partial charge on any atom is -0.268 e. The van der Waals surface area contributed by atoms with E-state index in [0.29, 0.717) is 44.4 Å². The second-order valence-corrected chi connectivity index (χ2v) is 10.7. The lowest BCUT2D eigenvalue weighted by Crippen LogP contribution is -2.40. The van der Waals surface area contributed by atoms with Crippen molar-refractivity contribution in [3.63, 3.8) is 0 Å². The molecule has 196 valence electrons. The van der Waals surface area contributed by atoms with Crippen LogP contribution in [0.1, 0.15) is 41.4 Å². The fourth-order valence-corrected chi connectivity index (χ4v) is 6.89. The lowest BCUT2D eigenvalue weighted by atomic mass is 9.82. The van der Waals surface area contributed by atoms with Crippen LogP contribution in [0.15, 0.2) is 109 Å². The van der Waals surface area contributed by atoms with Crippen LogP contribution in [-0.4, -0.2) is 23.6 Å². The standard InChI is InChI=1S/C36H18N2O4/c39-33-25-15-11-21-23-13-17-27-32-28(36(42)38(35(27)41)20-9-5-2-6-10-20)18-14-24(30(23)32)22-12-16-26(31(25)29(21)22)34(40)37(33)19-7-3-1-4-8-19/h1-18H. The van der Waals surface area contributed by atoms with Gasteiger partial charge in [-0.1, -0.05) is 60.7 Å². The van der Waals surface area contributed by atoms with E-state index in [-0.39, 0.29) is 23.6 Å². The number of hydrogen-bond acceptors (Lipinski definition) is 4. The number of carbonyl (C=O) groups is 4. The average Bonchev–Trinajstić information content (AvgIpc) is 3.03. The van der Waals surface area contributed by atoms with Crippen molar-refractivity contribution in [1.82, 2.24) is 0 Å². The van der Waals surface area contributed by atoms with E-state index in [4.69, 9.17) is 0 Å². The number of benzene rings is 7. The average molecular weight is 543 g/mol. The summed E-state index contributed by atoms with van der Waals surface area (Å²) in [6.07, 6.45) is 0. The van der Waals surface area contributed by atoms with Gasteiger partial charge >= 0.3 is 0 Å². The van der Waals surface area contributed by atoms with Gasteiger partial charge in [0.25, 0.3) is 23.6 Å². The van der Waals surface area contributed by atoms with Gasteiger partial charge in [-0.25, -0.2) is 9.80 Å². The smallest absolute Gasteiger partial charge is 0.265 e. The van der Waals surface area contributed by atoms with E-state index < -0.39 is 0 Å². The molecule has 0 aromatic heterocycles. The van der Waals surface area contributed by atoms with Gasteiger partial charge < -0.3 is 0 Å². The Morgan fingerprint density at radius 1 is 0.310 bits per heavy atom. The zero-order chi connectivity index (χ0) is 28.3. The van der Waals surface area contributed by atoms with E-state index in [1.54, 1.807) is 72.8 Å². The molecule has 0 radical (unpaired) electrons. The lowest BCUT2D eigenvalue weighted by molar-refractivity contribution is 0.0877. The highest BCUT2D eigenvalue weighted by Crippen LogP contribution is 2.46.